The molecule has 0 atom stereocenters. The maximum Gasteiger partial charge on any atom is 0.311 e. The number of hydrogen-bond acceptors (Lipinski definition) is 6. The zero-order valence-electron chi connectivity index (χ0n) is 16.2. The van der Waals surface area contributed by atoms with Crippen LogP contribution in [0.15, 0.2) is 78.4 Å². The molecule has 0 unspecified atom stereocenters. The molecule has 2 N–H and O–H groups in total. The topological polar surface area (TPSA) is 125 Å². The normalized spacial score (nSPS) is 10.7. The molecule has 154 valence electrons. The Hall–Kier alpha value is -4.64. The zero-order valence-corrected chi connectivity index (χ0v) is 16.2. The van der Waals surface area contributed by atoms with Crippen molar-refractivity contribution in [2.45, 2.75) is 6.61 Å². The van der Waals surface area contributed by atoms with Crippen LogP contribution in [0.25, 0.3) is 6.08 Å². The highest BCUT2D eigenvalue weighted by Crippen LogP contribution is 2.29. The number of ether oxygens (including phenoxy) is 1. The van der Waals surface area contributed by atoms with Crippen molar-refractivity contribution < 1.29 is 19.6 Å². The van der Waals surface area contributed by atoms with E-state index in [0.29, 0.717) is 11.3 Å². The molecule has 1 amide bonds. The molecule has 0 saturated heterocycles. The van der Waals surface area contributed by atoms with Crippen LogP contribution in [0.1, 0.15) is 11.1 Å². The van der Waals surface area contributed by atoms with Crippen LogP contribution in [-0.2, 0) is 11.4 Å². The van der Waals surface area contributed by atoms with Gasteiger partial charge in [-0.2, -0.15) is 5.26 Å². The van der Waals surface area contributed by atoms with Crippen molar-refractivity contribution in [3.63, 3.8) is 0 Å². The van der Waals surface area contributed by atoms with Crippen molar-refractivity contribution in [3.05, 3.63) is 99.6 Å². The number of aromatic hydroxyl groups is 1. The number of nitriles is 1. The van der Waals surface area contributed by atoms with E-state index in [2.05, 4.69) is 5.32 Å². The van der Waals surface area contributed by atoms with Crippen molar-refractivity contribution in [3.8, 4) is 17.6 Å². The molecular formula is C23H17N3O5. The number of hydrogen-bond donors (Lipinski definition) is 2. The van der Waals surface area contributed by atoms with Crippen molar-refractivity contribution in [1.29, 1.82) is 5.26 Å². The number of amides is 1. The number of nitro benzene ring substituents is 1. The Bertz CT molecular complexity index is 1170. The Labute approximate surface area is 177 Å². The quantitative estimate of drug-likeness (QED) is 0.193. The largest absolute Gasteiger partial charge is 0.508 e. The first-order valence-electron chi connectivity index (χ1n) is 9.13. The summed E-state index contributed by atoms with van der Waals surface area (Å²) in [6, 6.07) is 21.0. The minimum absolute atomic E-state index is 0.0379. The highest BCUT2D eigenvalue weighted by Gasteiger charge is 2.17. The number of carbonyl (C=O) groups is 1. The Morgan fingerprint density at radius 1 is 1.13 bits per heavy atom. The van der Waals surface area contributed by atoms with E-state index >= 15 is 0 Å². The van der Waals surface area contributed by atoms with Gasteiger partial charge in [-0.1, -0.05) is 36.4 Å². The molecule has 3 rings (SSSR count). The lowest BCUT2D eigenvalue weighted by Crippen LogP contribution is -2.13. The summed E-state index contributed by atoms with van der Waals surface area (Å²) < 4.78 is 5.58. The van der Waals surface area contributed by atoms with E-state index in [4.69, 9.17) is 4.74 Å². The van der Waals surface area contributed by atoms with Gasteiger partial charge in [0.1, 0.15) is 24.0 Å². The standard InChI is InChI=1S/C23H17N3O5/c24-14-18(23(28)25-19-7-9-20(27)10-8-19)12-17-6-11-22(21(13-17)26(29)30)31-15-16-4-2-1-3-5-16/h1-13,27H,15H2,(H,25,28)/b18-12-. The summed E-state index contributed by atoms with van der Waals surface area (Å²) in [6.07, 6.45) is 1.25. The highest BCUT2D eigenvalue weighted by molar-refractivity contribution is 6.09. The van der Waals surface area contributed by atoms with Crippen LogP contribution in [-0.4, -0.2) is 15.9 Å². The Kier molecular flexibility index (Phi) is 6.60. The molecule has 8 heteroatoms. The molecule has 0 heterocycles. The predicted octanol–water partition coefficient (Wildman–Crippen LogP) is 4.43. The summed E-state index contributed by atoms with van der Waals surface area (Å²) in [4.78, 5) is 23.3. The Morgan fingerprint density at radius 2 is 1.84 bits per heavy atom. The molecule has 31 heavy (non-hydrogen) atoms. The first-order chi connectivity index (χ1) is 15.0. The van der Waals surface area contributed by atoms with Gasteiger partial charge in [0.2, 0.25) is 0 Å². The molecule has 0 fully saturated rings. The maximum absolute atomic E-state index is 12.4. The van der Waals surface area contributed by atoms with Crippen molar-refractivity contribution >= 4 is 23.4 Å². The number of nitro groups is 1. The van der Waals surface area contributed by atoms with Gasteiger partial charge in [-0.25, -0.2) is 0 Å². The lowest BCUT2D eigenvalue weighted by atomic mass is 10.1. The molecule has 0 spiro atoms. The lowest BCUT2D eigenvalue weighted by molar-refractivity contribution is -0.386. The smallest absolute Gasteiger partial charge is 0.311 e. The third-order valence-electron chi connectivity index (χ3n) is 4.22. The second-order valence-electron chi connectivity index (χ2n) is 6.43. The van der Waals surface area contributed by atoms with Crippen LogP contribution in [0.5, 0.6) is 11.5 Å². The number of nitrogens with zero attached hydrogens (tertiary/aromatic N) is 2. The average molecular weight is 415 g/mol. The molecule has 0 aliphatic rings. The van der Waals surface area contributed by atoms with Gasteiger partial charge >= 0.3 is 5.69 Å². The minimum Gasteiger partial charge on any atom is -0.508 e. The van der Waals surface area contributed by atoms with Gasteiger partial charge in [0.25, 0.3) is 5.91 Å². The van der Waals surface area contributed by atoms with E-state index < -0.39 is 10.8 Å². The Morgan fingerprint density at radius 3 is 2.48 bits per heavy atom. The van der Waals surface area contributed by atoms with Gasteiger partial charge in [-0.05, 0) is 47.5 Å². The first-order valence-corrected chi connectivity index (χ1v) is 9.13. The van der Waals surface area contributed by atoms with E-state index in [9.17, 15) is 25.3 Å². The minimum atomic E-state index is -0.680. The third-order valence-corrected chi connectivity index (χ3v) is 4.22. The molecular weight excluding hydrogens is 398 g/mol. The van der Waals surface area contributed by atoms with Crippen LogP contribution in [0.3, 0.4) is 0 Å². The molecule has 3 aromatic carbocycles. The van der Waals surface area contributed by atoms with Gasteiger partial charge in [0.15, 0.2) is 5.75 Å². The number of benzene rings is 3. The summed E-state index contributed by atoms with van der Waals surface area (Å²) in [5.41, 5.74) is 1.04. The first kappa shape index (κ1) is 21.1. The van der Waals surface area contributed by atoms with E-state index in [1.54, 1.807) is 6.07 Å². The number of nitrogens with one attached hydrogen (secondary N) is 1. The van der Waals surface area contributed by atoms with Gasteiger partial charge in [-0.3, -0.25) is 14.9 Å². The number of rotatable bonds is 7. The highest BCUT2D eigenvalue weighted by atomic mass is 16.6. The monoisotopic (exact) mass is 415 g/mol. The fourth-order valence-corrected chi connectivity index (χ4v) is 2.68. The van der Waals surface area contributed by atoms with E-state index in [1.165, 1.54) is 48.5 Å². The molecule has 0 aliphatic heterocycles. The van der Waals surface area contributed by atoms with Crippen LogP contribution in [0.4, 0.5) is 11.4 Å². The number of phenolic OH excluding ortho intramolecular Hbond substituents is 1. The second kappa shape index (κ2) is 9.71. The van der Waals surface area contributed by atoms with Gasteiger partial charge in [0.05, 0.1) is 4.92 Å². The van der Waals surface area contributed by atoms with Crippen molar-refractivity contribution in [1.82, 2.24) is 0 Å². The third kappa shape index (κ3) is 5.68. The molecule has 0 aliphatic carbocycles. The number of anilines is 1. The zero-order chi connectivity index (χ0) is 22.2. The molecule has 0 saturated carbocycles. The lowest BCUT2D eigenvalue weighted by Gasteiger charge is -2.08. The number of phenols is 1. The predicted molar refractivity (Wildman–Crippen MR) is 114 cm³/mol. The molecule has 0 radical (unpaired) electrons. The van der Waals surface area contributed by atoms with E-state index in [1.807, 2.05) is 30.3 Å². The average Bonchev–Trinajstić information content (AvgIpc) is 2.78. The fourth-order valence-electron chi connectivity index (χ4n) is 2.68. The second-order valence-corrected chi connectivity index (χ2v) is 6.43. The summed E-state index contributed by atoms with van der Waals surface area (Å²) in [5, 5.41) is 32.7. The molecule has 3 aromatic rings. The van der Waals surface area contributed by atoms with Crippen LogP contribution in [0, 0.1) is 21.4 Å². The summed E-state index contributed by atoms with van der Waals surface area (Å²) in [7, 11) is 0. The van der Waals surface area contributed by atoms with E-state index in [0.717, 1.165) is 5.56 Å². The van der Waals surface area contributed by atoms with Crippen LogP contribution < -0.4 is 10.1 Å². The van der Waals surface area contributed by atoms with Gasteiger partial charge < -0.3 is 15.2 Å². The molecule has 0 bridgehead atoms. The van der Waals surface area contributed by atoms with Crippen LogP contribution in [0.2, 0.25) is 0 Å². The maximum atomic E-state index is 12.4. The summed E-state index contributed by atoms with van der Waals surface area (Å²) in [5.74, 6) is -0.561. The van der Waals surface area contributed by atoms with Gasteiger partial charge in [-0.15, -0.1) is 0 Å². The van der Waals surface area contributed by atoms with E-state index in [-0.39, 0.29) is 29.4 Å². The summed E-state index contributed by atoms with van der Waals surface area (Å²) >= 11 is 0. The summed E-state index contributed by atoms with van der Waals surface area (Å²) in [6.45, 7) is 0.162. The SMILES string of the molecule is N#C/C(=C/c1ccc(OCc2ccccc2)c([N+](=O)[O-])c1)C(=O)Nc1ccc(O)cc1. The number of carbonyl (C=O) groups excluding carboxylic acids is 1. The fraction of sp³-hybridized carbons (Fsp3) is 0.0435. The van der Waals surface area contributed by atoms with Crippen LogP contribution >= 0.6 is 0 Å². The van der Waals surface area contributed by atoms with Gasteiger partial charge in [0, 0.05) is 11.8 Å². The van der Waals surface area contributed by atoms with Crippen molar-refractivity contribution in [2.75, 3.05) is 5.32 Å². The molecule has 8 nitrogen and oxygen atoms in total. The van der Waals surface area contributed by atoms with Crippen molar-refractivity contribution in [2.24, 2.45) is 0 Å². The Balaban J connectivity index is 1.80. The molecule has 0 aromatic heterocycles.